The lowest BCUT2D eigenvalue weighted by molar-refractivity contribution is 0.327. The van der Waals surface area contributed by atoms with Gasteiger partial charge in [0.05, 0.1) is 5.52 Å². The number of phenolic OH excluding ortho intramolecular Hbond substituents is 5. The molecule has 6 nitrogen and oxygen atoms in total. The number of rotatable bonds is 1. The number of phenols is 5. The van der Waals surface area contributed by atoms with Crippen molar-refractivity contribution < 1.29 is 25.5 Å². The van der Waals surface area contributed by atoms with Gasteiger partial charge in [-0.3, -0.25) is 0 Å². The lowest BCUT2D eigenvalue weighted by Crippen LogP contribution is -2.05. The summed E-state index contributed by atoms with van der Waals surface area (Å²) in [6, 6.07) is 7.50. The zero-order valence-corrected chi connectivity index (χ0v) is 13.5. The molecular weight excluding hydrogens is 322 g/mol. The van der Waals surface area contributed by atoms with E-state index in [1.165, 1.54) is 5.57 Å². The maximum absolute atomic E-state index is 10.4. The summed E-state index contributed by atoms with van der Waals surface area (Å²) in [6.07, 6.45) is 3.56. The molecule has 5 N–H and O–H groups in total. The summed E-state index contributed by atoms with van der Waals surface area (Å²) < 4.78 is 1.62. The molecule has 2 aromatic carbocycles. The second-order valence-electron chi connectivity index (χ2n) is 6.30. The van der Waals surface area contributed by atoms with Crippen molar-refractivity contribution in [2.45, 2.75) is 19.8 Å². The third kappa shape index (κ3) is 1.97. The van der Waals surface area contributed by atoms with E-state index >= 15 is 0 Å². The lowest BCUT2D eigenvalue weighted by Gasteiger charge is -2.18. The van der Waals surface area contributed by atoms with Crippen LogP contribution in [-0.2, 0) is 6.42 Å². The van der Waals surface area contributed by atoms with Crippen LogP contribution in [0.4, 0.5) is 0 Å². The highest BCUT2D eigenvalue weighted by atomic mass is 16.4. The average Bonchev–Trinajstić information content (AvgIpc) is 2.93. The average molecular weight is 339 g/mol. The Hall–Kier alpha value is -3.28. The van der Waals surface area contributed by atoms with Crippen LogP contribution in [0.25, 0.3) is 22.7 Å². The second kappa shape index (κ2) is 5.11. The second-order valence-corrected chi connectivity index (χ2v) is 6.30. The zero-order valence-electron chi connectivity index (χ0n) is 13.5. The van der Waals surface area contributed by atoms with Gasteiger partial charge >= 0.3 is 0 Å². The first kappa shape index (κ1) is 15.3. The molecule has 0 bridgehead atoms. The zero-order chi connectivity index (χ0) is 17.9. The van der Waals surface area contributed by atoms with E-state index in [0.717, 1.165) is 23.1 Å². The van der Waals surface area contributed by atoms with Gasteiger partial charge in [-0.1, -0.05) is 29.8 Å². The molecule has 0 spiro atoms. The minimum atomic E-state index is -0.959. The van der Waals surface area contributed by atoms with E-state index in [-0.39, 0.29) is 5.69 Å². The summed E-state index contributed by atoms with van der Waals surface area (Å²) in [5.74, 6) is -4.09. The molecule has 3 aromatic rings. The third-order valence-corrected chi connectivity index (χ3v) is 4.73. The first-order chi connectivity index (χ1) is 11.9. The molecule has 0 aliphatic heterocycles. The number of benzene rings is 2. The molecular formula is C19H17NO5. The normalized spacial score (nSPS) is 13.7. The standard InChI is InChI=1S/C19H17NO5/c1-9-6-7-13-11(8-9)10-4-2-3-5-12(10)20(13)14-15(21)17(23)19(25)18(24)16(14)22/h2-5,8,21-25H,6-7H2,1H3. The molecule has 1 heterocycles. The fraction of sp³-hybridized carbons (Fsp3) is 0.158. The van der Waals surface area contributed by atoms with Crippen LogP contribution < -0.4 is 0 Å². The van der Waals surface area contributed by atoms with E-state index in [9.17, 15) is 25.5 Å². The van der Waals surface area contributed by atoms with Gasteiger partial charge in [-0.05, 0) is 25.8 Å². The van der Waals surface area contributed by atoms with Crippen LogP contribution >= 0.6 is 0 Å². The number of hydrogen-bond acceptors (Lipinski definition) is 5. The predicted molar refractivity (Wildman–Crippen MR) is 93.6 cm³/mol. The van der Waals surface area contributed by atoms with E-state index < -0.39 is 28.7 Å². The van der Waals surface area contributed by atoms with E-state index in [4.69, 9.17) is 0 Å². The van der Waals surface area contributed by atoms with Crippen LogP contribution in [-0.4, -0.2) is 30.1 Å². The van der Waals surface area contributed by atoms with Gasteiger partial charge in [-0.25, -0.2) is 0 Å². The van der Waals surface area contributed by atoms with Crippen molar-refractivity contribution in [3.8, 4) is 34.4 Å². The van der Waals surface area contributed by atoms with E-state index in [0.29, 0.717) is 11.9 Å². The number of hydrogen-bond donors (Lipinski definition) is 5. The molecule has 128 valence electrons. The molecule has 0 saturated carbocycles. The summed E-state index contributed by atoms with van der Waals surface area (Å²) in [6.45, 7) is 2.04. The Bertz CT molecular complexity index is 1030. The highest BCUT2D eigenvalue weighted by Gasteiger charge is 2.28. The van der Waals surface area contributed by atoms with Crippen LogP contribution in [0.15, 0.2) is 29.8 Å². The summed E-state index contributed by atoms with van der Waals surface area (Å²) in [5, 5.41) is 51.1. The molecule has 0 atom stereocenters. The topological polar surface area (TPSA) is 106 Å². The van der Waals surface area contributed by atoms with Crippen LogP contribution in [0, 0.1) is 0 Å². The third-order valence-electron chi connectivity index (χ3n) is 4.73. The van der Waals surface area contributed by atoms with E-state index in [1.807, 2.05) is 31.2 Å². The number of aromatic hydroxyl groups is 5. The summed E-state index contributed by atoms with van der Waals surface area (Å²) >= 11 is 0. The van der Waals surface area contributed by atoms with Gasteiger partial charge < -0.3 is 30.1 Å². The molecule has 25 heavy (non-hydrogen) atoms. The molecule has 1 aliphatic rings. The Morgan fingerprint density at radius 2 is 1.40 bits per heavy atom. The van der Waals surface area contributed by atoms with Gasteiger partial charge in [0.15, 0.2) is 11.5 Å². The monoisotopic (exact) mass is 339 g/mol. The van der Waals surface area contributed by atoms with Crippen LogP contribution in [0.3, 0.4) is 0 Å². The van der Waals surface area contributed by atoms with Crippen LogP contribution in [0.5, 0.6) is 28.7 Å². The Morgan fingerprint density at radius 1 is 0.800 bits per heavy atom. The fourth-order valence-corrected chi connectivity index (χ4v) is 3.50. The lowest BCUT2D eigenvalue weighted by atomic mass is 9.97. The molecule has 1 aliphatic carbocycles. The van der Waals surface area contributed by atoms with Gasteiger partial charge in [0, 0.05) is 16.6 Å². The summed E-state index contributed by atoms with van der Waals surface area (Å²) in [5.41, 5.74) is 3.61. The SMILES string of the molecule is CC1=Cc2c(n(-c3c(O)c(O)c(O)c(O)c3O)c3ccccc23)CC1. The van der Waals surface area contributed by atoms with Crippen molar-refractivity contribution in [1.29, 1.82) is 0 Å². The smallest absolute Gasteiger partial charge is 0.208 e. The van der Waals surface area contributed by atoms with Crippen molar-refractivity contribution in [1.82, 2.24) is 4.57 Å². The minimum Gasteiger partial charge on any atom is -0.503 e. The Labute approximate surface area is 143 Å². The minimum absolute atomic E-state index is 0.154. The molecule has 0 unspecified atom stereocenters. The fourth-order valence-electron chi connectivity index (χ4n) is 3.50. The van der Waals surface area contributed by atoms with Gasteiger partial charge in [-0.2, -0.15) is 0 Å². The predicted octanol–water partition coefficient (Wildman–Crippen LogP) is 3.51. The van der Waals surface area contributed by atoms with Crippen molar-refractivity contribution in [2.24, 2.45) is 0 Å². The van der Waals surface area contributed by atoms with E-state index in [2.05, 4.69) is 6.08 Å². The first-order valence-electron chi connectivity index (χ1n) is 7.90. The number of fused-ring (bicyclic) bond motifs is 3. The number of allylic oxidation sites excluding steroid dienone is 1. The van der Waals surface area contributed by atoms with Gasteiger partial charge in [-0.15, -0.1) is 0 Å². The first-order valence-corrected chi connectivity index (χ1v) is 7.90. The van der Waals surface area contributed by atoms with Crippen LogP contribution in [0.2, 0.25) is 0 Å². The maximum atomic E-state index is 10.4. The molecule has 4 rings (SSSR count). The molecule has 0 amide bonds. The maximum Gasteiger partial charge on any atom is 0.208 e. The van der Waals surface area contributed by atoms with Crippen molar-refractivity contribution in [3.63, 3.8) is 0 Å². The molecule has 6 heteroatoms. The molecule has 0 radical (unpaired) electrons. The quantitative estimate of drug-likeness (QED) is 0.345. The Morgan fingerprint density at radius 3 is 2.08 bits per heavy atom. The molecule has 1 aromatic heterocycles. The number of aromatic nitrogens is 1. The molecule has 0 saturated heterocycles. The Balaban J connectivity index is 2.18. The highest BCUT2D eigenvalue weighted by Crippen LogP contribution is 2.54. The van der Waals surface area contributed by atoms with E-state index in [1.54, 1.807) is 4.57 Å². The van der Waals surface area contributed by atoms with Crippen molar-refractivity contribution in [3.05, 3.63) is 41.1 Å². The van der Waals surface area contributed by atoms with Crippen LogP contribution in [0.1, 0.15) is 24.6 Å². The summed E-state index contributed by atoms with van der Waals surface area (Å²) in [4.78, 5) is 0. The van der Waals surface area contributed by atoms with Gasteiger partial charge in [0.1, 0.15) is 5.69 Å². The number of para-hydroxylation sites is 1. The largest absolute Gasteiger partial charge is 0.503 e. The number of nitrogens with zero attached hydrogens (tertiary/aromatic N) is 1. The Kier molecular flexibility index (Phi) is 3.12. The van der Waals surface area contributed by atoms with Gasteiger partial charge in [0.2, 0.25) is 17.2 Å². The molecule has 0 fully saturated rings. The van der Waals surface area contributed by atoms with Crippen molar-refractivity contribution >= 4 is 17.0 Å². The van der Waals surface area contributed by atoms with Crippen molar-refractivity contribution in [2.75, 3.05) is 0 Å². The van der Waals surface area contributed by atoms with Gasteiger partial charge in [0.25, 0.3) is 0 Å². The highest BCUT2D eigenvalue weighted by molar-refractivity contribution is 5.95. The summed E-state index contributed by atoms with van der Waals surface area (Å²) in [7, 11) is 0.